The van der Waals surface area contributed by atoms with E-state index in [1.807, 2.05) is 13.8 Å². The second-order valence-electron chi connectivity index (χ2n) is 13.5. The summed E-state index contributed by atoms with van der Waals surface area (Å²) in [5.74, 6) is -2.16. The van der Waals surface area contributed by atoms with Crippen LogP contribution in [0.5, 0.6) is 0 Å². The van der Waals surface area contributed by atoms with Crippen molar-refractivity contribution in [3.8, 4) is 0 Å². The molecule has 0 saturated heterocycles. The number of fused-ring (bicyclic) bond motifs is 5. The van der Waals surface area contributed by atoms with Gasteiger partial charge in [-0.15, -0.1) is 0 Å². The van der Waals surface area contributed by atoms with Gasteiger partial charge in [0.2, 0.25) is 5.91 Å². The van der Waals surface area contributed by atoms with E-state index in [-0.39, 0.29) is 48.9 Å². The summed E-state index contributed by atoms with van der Waals surface area (Å²) < 4.78 is 31.2. The highest BCUT2D eigenvalue weighted by molar-refractivity contribution is 7.85. The van der Waals surface area contributed by atoms with Crippen molar-refractivity contribution < 1.29 is 48.4 Å². The lowest BCUT2D eigenvalue weighted by atomic mass is 9.42. The van der Waals surface area contributed by atoms with Crippen LogP contribution in [0.25, 0.3) is 0 Å². The zero-order chi connectivity index (χ0) is 29.1. The van der Waals surface area contributed by atoms with Crippen LogP contribution in [-0.4, -0.2) is 97.9 Å². The highest BCUT2D eigenvalue weighted by Gasteiger charge is 2.70. The first kappa shape index (κ1) is 31.1. The normalized spacial score (nSPS) is 47.4. The van der Waals surface area contributed by atoms with Gasteiger partial charge in [-0.05, 0) is 73.5 Å². The third kappa shape index (κ3) is 5.29. The molecule has 4 aliphatic carbocycles. The third-order valence-corrected chi connectivity index (χ3v) is 12.2. The molecule has 4 saturated carbocycles. The Bertz CT molecular complexity index is 1030. The fraction of sp³-hybridized carbons (Fsp3) is 0.963. The number of carbonyl (C=O) groups excluding carboxylic acids is 1. The molecule has 39 heavy (non-hydrogen) atoms. The van der Waals surface area contributed by atoms with Gasteiger partial charge in [-0.3, -0.25) is 9.35 Å². The van der Waals surface area contributed by atoms with Gasteiger partial charge in [-0.2, -0.15) is 8.42 Å². The van der Waals surface area contributed by atoms with Crippen LogP contribution in [0.2, 0.25) is 0 Å². The quantitative estimate of drug-likeness (QED) is 0.179. The summed E-state index contributed by atoms with van der Waals surface area (Å²) in [4.78, 5) is 12.5. The molecule has 0 aromatic heterocycles. The maximum absolute atomic E-state index is 12.5. The zero-order valence-electron chi connectivity index (χ0n) is 23.1. The van der Waals surface area contributed by atoms with Gasteiger partial charge >= 0.3 is 0 Å². The van der Waals surface area contributed by atoms with Gasteiger partial charge in [0.25, 0.3) is 10.1 Å². The van der Waals surface area contributed by atoms with Crippen molar-refractivity contribution in [2.75, 3.05) is 12.4 Å². The Morgan fingerprint density at radius 1 is 1.08 bits per heavy atom. The van der Waals surface area contributed by atoms with Gasteiger partial charge in [-0.1, -0.05) is 20.8 Å². The van der Waals surface area contributed by atoms with Gasteiger partial charge in [0, 0.05) is 18.3 Å². The van der Waals surface area contributed by atoms with Crippen molar-refractivity contribution in [1.29, 1.82) is 0 Å². The summed E-state index contributed by atoms with van der Waals surface area (Å²) in [5, 5.41) is 67.6. The predicted molar refractivity (Wildman–Crippen MR) is 141 cm³/mol. The van der Waals surface area contributed by atoms with Crippen LogP contribution >= 0.6 is 0 Å². The average molecular weight is 578 g/mol. The summed E-state index contributed by atoms with van der Waals surface area (Å²) in [6, 6.07) is -1.13. The number of nitrogens with one attached hydrogen (secondary N) is 1. The second kappa shape index (κ2) is 10.8. The molecule has 4 aliphatic rings. The number of amides is 1. The molecule has 226 valence electrons. The molecule has 0 unspecified atom stereocenters. The van der Waals surface area contributed by atoms with E-state index in [1.54, 1.807) is 0 Å². The SMILES string of the molecule is C[C@H](CCC(=O)N[C@@H](CO)CS(=O)(=O)O)[C@H]1[C@@H](O)[C@H](O)[C@H]2[C@@H]3C[C@@H](O)[C@@]4(O)C[C@@H](O)CC[C@]4(C)[C@H]3CC[C@]12C. The van der Waals surface area contributed by atoms with E-state index in [1.165, 1.54) is 0 Å². The standard InChI is InChI=1S/C27H47NO10S/c1-14(4-5-20(32)28-15(12-29)13-39(36,37)38)21-23(33)24(34)22-17-10-19(31)27(35)11-16(30)6-9-26(27,3)18(17)7-8-25(21,22)2/h14-19,21-24,29-31,33-35H,4-13H2,1-3H3,(H,28,32)(H,36,37,38)/t14-,15+,16+,17-,18+,19-,21+,22-,23-,24-,25-,26-,27+/m1/s1. The van der Waals surface area contributed by atoms with Crippen LogP contribution in [0.3, 0.4) is 0 Å². The topological polar surface area (TPSA) is 205 Å². The van der Waals surface area contributed by atoms with Crippen LogP contribution in [0.15, 0.2) is 0 Å². The molecule has 0 heterocycles. The van der Waals surface area contributed by atoms with E-state index in [4.69, 9.17) is 4.55 Å². The van der Waals surface area contributed by atoms with Crippen molar-refractivity contribution >= 4 is 16.0 Å². The molecule has 0 aromatic rings. The predicted octanol–water partition coefficient (Wildman–Crippen LogP) is -0.185. The van der Waals surface area contributed by atoms with E-state index >= 15 is 0 Å². The number of aliphatic hydroxyl groups is 6. The Balaban J connectivity index is 1.49. The fourth-order valence-corrected chi connectivity index (χ4v) is 10.3. The monoisotopic (exact) mass is 577 g/mol. The molecule has 8 N–H and O–H groups in total. The van der Waals surface area contributed by atoms with Crippen molar-refractivity contribution in [3.63, 3.8) is 0 Å². The molecule has 0 aliphatic heterocycles. The molecule has 1 amide bonds. The van der Waals surface area contributed by atoms with E-state index in [2.05, 4.69) is 12.2 Å². The molecular formula is C27H47NO10S. The average Bonchev–Trinajstić information content (AvgIpc) is 3.03. The van der Waals surface area contributed by atoms with Crippen LogP contribution in [0.4, 0.5) is 0 Å². The number of rotatable bonds is 8. The molecular weight excluding hydrogens is 530 g/mol. The smallest absolute Gasteiger partial charge is 0.266 e. The molecule has 0 spiro atoms. The summed E-state index contributed by atoms with van der Waals surface area (Å²) >= 11 is 0. The largest absolute Gasteiger partial charge is 0.394 e. The van der Waals surface area contributed by atoms with Gasteiger partial charge < -0.3 is 36.0 Å². The van der Waals surface area contributed by atoms with E-state index in [0.29, 0.717) is 25.7 Å². The number of hydrogen-bond donors (Lipinski definition) is 8. The minimum atomic E-state index is -4.37. The lowest BCUT2D eigenvalue weighted by Gasteiger charge is -2.65. The Labute approximate surface area is 230 Å². The number of aliphatic hydroxyl groups excluding tert-OH is 5. The fourth-order valence-electron chi connectivity index (χ4n) is 9.61. The maximum Gasteiger partial charge on any atom is 0.266 e. The minimum Gasteiger partial charge on any atom is -0.394 e. The lowest BCUT2D eigenvalue weighted by Crippen LogP contribution is -2.69. The highest BCUT2D eigenvalue weighted by Crippen LogP contribution is 2.69. The minimum absolute atomic E-state index is 0.0153. The Kier molecular flexibility index (Phi) is 8.58. The van der Waals surface area contributed by atoms with E-state index in [0.717, 1.165) is 6.42 Å². The van der Waals surface area contributed by atoms with Crippen LogP contribution in [0.1, 0.15) is 72.1 Å². The van der Waals surface area contributed by atoms with Crippen LogP contribution in [-0.2, 0) is 14.9 Å². The zero-order valence-corrected chi connectivity index (χ0v) is 23.9. The molecule has 0 radical (unpaired) electrons. The molecule has 11 nitrogen and oxygen atoms in total. The number of hydrogen-bond acceptors (Lipinski definition) is 9. The van der Waals surface area contributed by atoms with Crippen molar-refractivity contribution in [3.05, 3.63) is 0 Å². The molecule has 0 aromatic carbocycles. The van der Waals surface area contributed by atoms with Crippen molar-refractivity contribution in [2.24, 2.45) is 40.4 Å². The van der Waals surface area contributed by atoms with Crippen molar-refractivity contribution in [1.82, 2.24) is 5.32 Å². The Morgan fingerprint density at radius 2 is 1.74 bits per heavy atom. The summed E-state index contributed by atoms with van der Waals surface area (Å²) in [6.07, 6.45) is -0.378. The van der Waals surface area contributed by atoms with E-state index < -0.39 is 75.3 Å². The number of carbonyl (C=O) groups is 1. The molecule has 4 fully saturated rings. The lowest BCUT2D eigenvalue weighted by molar-refractivity contribution is -0.268. The Hall–Kier alpha value is -0.860. The van der Waals surface area contributed by atoms with Gasteiger partial charge in [0.15, 0.2) is 0 Å². The highest BCUT2D eigenvalue weighted by atomic mass is 32.2. The first-order chi connectivity index (χ1) is 18.0. The van der Waals surface area contributed by atoms with Crippen LogP contribution in [0, 0.1) is 40.4 Å². The molecule has 12 heteroatoms. The Morgan fingerprint density at radius 3 is 2.36 bits per heavy atom. The molecule has 0 bridgehead atoms. The third-order valence-electron chi connectivity index (χ3n) is 11.4. The second-order valence-corrected chi connectivity index (χ2v) is 15.0. The van der Waals surface area contributed by atoms with Crippen molar-refractivity contribution in [2.45, 2.75) is 108 Å². The van der Waals surface area contributed by atoms with Crippen LogP contribution < -0.4 is 5.32 Å². The molecule has 13 atom stereocenters. The van der Waals surface area contributed by atoms with Gasteiger partial charge in [-0.25, -0.2) is 0 Å². The van der Waals surface area contributed by atoms with Gasteiger partial charge in [0.05, 0.1) is 48.4 Å². The maximum atomic E-state index is 12.5. The van der Waals surface area contributed by atoms with Gasteiger partial charge in [0.1, 0.15) is 0 Å². The summed E-state index contributed by atoms with van der Waals surface area (Å²) in [5.41, 5.74) is -2.48. The molecule has 4 rings (SSSR count). The summed E-state index contributed by atoms with van der Waals surface area (Å²) in [7, 11) is -4.37. The van der Waals surface area contributed by atoms with E-state index in [9.17, 15) is 43.9 Å². The summed E-state index contributed by atoms with van der Waals surface area (Å²) in [6.45, 7) is 5.35. The first-order valence-corrected chi connectivity index (χ1v) is 15.9. The first-order valence-electron chi connectivity index (χ1n) is 14.3.